The number of nitrogens with zero attached hydrogens (tertiary/aromatic N) is 2. The minimum absolute atomic E-state index is 0.0174. The van der Waals surface area contributed by atoms with Gasteiger partial charge < -0.3 is 5.32 Å². The number of amides is 1. The van der Waals surface area contributed by atoms with Crippen LogP contribution in [0.2, 0.25) is 0 Å². The number of hydrogen-bond donors (Lipinski definition) is 1. The molecule has 1 aliphatic carbocycles. The van der Waals surface area contributed by atoms with Crippen molar-refractivity contribution in [3.63, 3.8) is 0 Å². The van der Waals surface area contributed by atoms with Crippen LogP contribution in [-0.2, 0) is 4.79 Å². The summed E-state index contributed by atoms with van der Waals surface area (Å²) in [5.41, 5.74) is 1.38. The van der Waals surface area contributed by atoms with Crippen molar-refractivity contribution in [3.05, 3.63) is 59.9 Å². The molecule has 1 aromatic heterocycles. The van der Waals surface area contributed by atoms with Crippen LogP contribution in [0.5, 0.6) is 0 Å². The van der Waals surface area contributed by atoms with E-state index in [-0.39, 0.29) is 17.6 Å². The second-order valence-corrected chi connectivity index (χ2v) is 5.53. The van der Waals surface area contributed by atoms with Crippen LogP contribution in [0.1, 0.15) is 34.8 Å². The fraction of sp³-hybridized carbons (Fsp3) is 0.222. The monoisotopic (exact) mass is 305 g/mol. The Morgan fingerprint density at radius 3 is 2.70 bits per heavy atom. The van der Waals surface area contributed by atoms with E-state index in [0.29, 0.717) is 16.9 Å². The van der Waals surface area contributed by atoms with Crippen LogP contribution in [0.25, 0.3) is 0 Å². The van der Waals surface area contributed by atoms with Gasteiger partial charge in [0.15, 0.2) is 11.7 Å². The first-order chi connectivity index (χ1) is 11.2. The lowest BCUT2D eigenvalue weighted by Crippen LogP contribution is -2.15. The number of Topliss-reactive ketones (excluding diaryl/α,β-unsaturated/α-hetero) is 1. The lowest BCUT2D eigenvalue weighted by atomic mass is 9.95. The van der Waals surface area contributed by atoms with Crippen molar-refractivity contribution in [2.45, 2.75) is 18.8 Å². The maximum atomic E-state index is 12.6. The van der Waals surface area contributed by atoms with Gasteiger partial charge in [-0.05, 0) is 37.1 Å². The quantitative estimate of drug-likeness (QED) is 0.861. The van der Waals surface area contributed by atoms with Crippen molar-refractivity contribution in [2.24, 2.45) is 5.92 Å². The van der Waals surface area contributed by atoms with Crippen LogP contribution in [0, 0.1) is 17.2 Å². The molecule has 114 valence electrons. The van der Waals surface area contributed by atoms with Gasteiger partial charge in [0, 0.05) is 23.4 Å². The highest BCUT2D eigenvalue weighted by atomic mass is 16.2. The normalized spacial score (nSPS) is 14.6. The SMILES string of the molecule is N#C[C@H](C(=O)c1cccc(NC(=O)C2CC2)c1)c1ccccn1. The number of benzene rings is 1. The average molecular weight is 305 g/mol. The predicted molar refractivity (Wildman–Crippen MR) is 84.7 cm³/mol. The number of nitriles is 1. The zero-order chi connectivity index (χ0) is 16.2. The summed E-state index contributed by atoms with van der Waals surface area (Å²) in [5, 5.41) is 12.1. The molecule has 0 unspecified atom stereocenters. The van der Waals surface area contributed by atoms with E-state index in [9.17, 15) is 14.9 Å². The molecule has 1 N–H and O–H groups in total. The molecule has 0 bridgehead atoms. The van der Waals surface area contributed by atoms with Crippen LogP contribution in [0.15, 0.2) is 48.7 Å². The highest BCUT2D eigenvalue weighted by Gasteiger charge is 2.29. The fourth-order valence-corrected chi connectivity index (χ4v) is 2.31. The van der Waals surface area contributed by atoms with Crippen molar-refractivity contribution in [1.29, 1.82) is 5.26 Å². The Morgan fingerprint density at radius 1 is 1.22 bits per heavy atom. The first-order valence-corrected chi connectivity index (χ1v) is 7.44. The van der Waals surface area contributed by atoms with Gasteiger partial charge in [0.1, 0.15) is 0 Å². The lowest BCUT2D eigenvalue weighted by molar-refractivity contribution is -0.117. The maximum absolute atomic E-state index is 12.6. The molecule has 1 heterocycles. The summed E-state index contributed by atoms with van der Waals surface area (Å²) in [6, 6.07) is 13.8. The highest BCUT2D eigenvalue weighted by Crippen LogP contribution is 2.30. The maximum Gasteiger partial charge on any atom is 0.227 e. The molecule has 23 heavy (non-hydrogen) atoms. The number of carbonyl (C=O) groups is 2. The minimum Gasteiger partial charge on any atom is -0.326 e. The van der Waals surface area contributed by atoms with E-state index in [0.717, 1.165) is 12.8 Å². The van der Waals surface area contributed by atoms with Crippen molar-refractivity contribution in [2.75, 3.05) is 5.32 Å². The zero-order valence-electron chi connectivity index (χ0n) is 12.4. The topological polar surface area (TPSA) is 82.9 Å². The molecule has 3 rings (SSSR count). The van der Waals surface area contributed by atoms with Crippen molar-refractivity contribution in [1.82, 2.24) is 4.98 Å². The summed E-state index contributed by atoms with van der Waals surface area (Å²) in [5.74, 6) is -1.20. The van der Waals surface area contributed by atoms with E-state index < -0.39 is 5.92 Å². The number of anilines is 1. The molecule has 0 aliphatic heterocycles. The van der Waals surface area contributed by atoms with E-state index in [1.807, 2.05) is 6.07 Å². The first-order valence-electron chi connectivity index (χ1n) is 7.44. The van der Waals surface area contributed by atoms with Gasteiger partial charge in [-0.15, -0.1) is 0 Å². The molecule has 1 amide bonds. The van der Waals surface area contributed by atoms with Gasteiger partial charge in [0.05, 0.1) is 11.8 Å². The molecular formula is C18H15N3O2. The number of pyridine rings is 1. The molecule has 0 spiro atoms. The fourth-order valence-electron chi connectivity index (χ4n) is 2.31. The van der Waals surface area contributed by atoms with Gasteiger partial charge in [0.2, 0.25) is 5.91 Å². The molecule has 5 nitrogen and oxygen atoms in total. The van der Waals surface area contributed by atoms with E-state index in [2.05, 4.69) is 10.3 Å². The minimum atomic E-state index is -0.953. The largest absolute Gasteiger partial charge is 0.326 e. The summed E-state index contributed by atoms with van der Waals surface area (Å²) < 4.78 is 0. The molecule has 1 aromatic carbocycles. The molecule has 1 saturated carbocycles. The number of nitrogens with one attached hydrogen (secondary N) is 1. The molecule has 1 fully saturated rings. The van der Waals surface area contributed by atoms with Crippen LogP contribution >= 0.6 is 0 Å². The Morgan fingerprint density at radius 2 is 2.04 bits per heavy atom. The van der Waals surface area contributed by atoms with Gasteiger partial charge in [0.25, 0.3) is 0 Å². The van der Waals surface area contributed by atoms with Crippen molar-refractivity contribution >= 4 is 17.4 Å². The Labute approximate surface area is 134 Å². The number of aromatic nitrogens is 1. The molecular weight excluding hydrogens is 290 g/mol. The Balaban J connectivity index is 1.81. The van der Waals surface area contributed by atoms with Gasteiger partial charge in [-0.1, -0.05) is 18.2 Å². The molecule has 0 radical (unpaired) electrons. The van der Waals surface area contributed by atoms with Gasteiger partial charge in [-0.3, -0.25) is 14.6 Å². The summed E-state index contributed by atoms with van der Waals surface area (Å²) in [7, 11) is 0. The number of rotatable bonds is 5. The van der Waals surface area contributed by atoms with E-state index in [4.69, 9.17) is 0 Å². The third kappa shape index (κ3) is 3.43. The zero-order valence-corrected chi connectivity index (χ0v) is 12.4. The standard InChI is InChI=1S/C18H15N3O2/c19-11-15(16-6-1-2-9-20-16)17(22)13-4-3-5-14(10-13)21-18(23)12-7-8-12/h1-6,9-10,12,15H,7-8H2,(H,21,23)/t15-/m0/s1. The Hall–Kier alpha value is -3.00. The predicted octanol–water partition coefficient (Wildman–Crippen LogP) is 2.92. The van der Waals surface area contributed by atoms with E-state index in [1.54, 1.807) is 48.7 Å². The Kier molecular flexibility index (Phi) is 4.15. The van der Waals surface area contributed by atoms with Gasteiger partial charge >= 0.3 is 0 Å². The molecule has 0 saturated heterocycles. The van der Waals surface area contributed by atoms with Crippen LogP contribution in [0.3, 0.4) is 0 Å². The number of carbonyl (C=O) groups excluding carboxylic acids is 2. The summed E-state index contributed by atoms with van der Waals surface area (Å²) in [6.07, 6.45) is 3.39. The average Bonchev–Trinajstić information content (AvgIpc) is 3.42. The van der Waals surface area contributed by atoms with E-state index >= 15 is 0 Å². The highest BCUT2D eigenvalue weighted by molar-refractivity contribution is 6.04. The second-order valence-electron chi connectivity index (χ2n) is 5.53. The summed E-state index contributed by atoms with van der Waals surface area (Å²) >= 11 is 0. The van der Waals surface area contributed by atoms with Crippen molar-refractivity contribution in [3.8, 4) is 6.07 Å². The second kappa shape index (κ2) is 6.41. The van der Waals surface area contributed by atoms with E-state index in [1.165, 1.54) is 0 Å². The van der Waals surface area contributed by atoms with Crippen LogP contribution < -0.4 is 5.32 Å². The lowest BCUT2D eigenvalue weighted by Gasteiger charge is -2.10. The van der Waals surface area contributed by atoms with Crippen molar-refractivity contribution < 1.29 is 9.59 Å². The molecule has 5 heteroatoms. The Bertz CT molecular complexity index is 776. The molecule has 1 aliphatic rings. The summed E-state index contributed by atoms with van der Waals surface area (Å²) in [6.45, 7) is 0. The summed E-state index contributed by atoms with van der Waals surface area (Å²) in [4.78, 5) is 28.5. The smallest absolute Gasteiger partial charge is 0.227 e. The molecule has 2 aromatic rings. The third-order valence-electron chi connectivity index (χ3n) is 3.74. The number of hydrogen-bond acceptors (Lipinski definition) is 4. The number of ketones is 1. The third-order valence-corrected chi connectivity index (χ3v) is 3.74. The van der Waals surface area contributed by atoms with Crippen LogP contribution in [0.4, 0.5) is 5.69 Å². The van der Waals surface area contributed by atoms with Gasteiger partial charge in [-0.25, -0.2) is 0 Å². The van der Waals surface area contributed by atoms with Gasteiger partial charge in [-0.2, -0.15) is 5.26 Å². The molecule has 1 atom stereocenters. The van der Waals surface area contributed by atoms with Crippen LogP contribution in [-0.4, -0.2) is 16.7 Å². The first kappa shape index (κ1) is 14.9.